The van der Waals surface area contributed by atoms with Crippen molar-refractivity contribution < 1.29 is 9.59 Å². The molecule has 1 aromatic rings. The third-order valence-corrected chi connectivity index (χ3v) is 5.24. The summed E-state index contributed by atoms with van der Waals surface area (Å²) in [6, 6.07) is 7.95. The molecule has 1 saturated carbocycles. The Hall–Kier alpha value is -1.84. The molecule has 1 aromatic carbocycles. The molecule has 0 radical (unpaired) electrons. The Morgan fingerprint density at radius 2 is 1.84 bits per heavy atom. The smallest absolute Gasteiger partial charge is 0.243 e. The summed E-state index contributed by atoms with van der Waals surface area (Å²) in [7, 11) is 0. The molecule has 2 rings (SSSR count). The van der Waals surface area contributed by atoms with Gasteiger partial charge in [-0.05, 0) is 37.3 Å². The lowest BCUT2D eigenvalue weighted by molar-refractivity contribution is -0.141. The average Bonchev–Trinajstić information content (AvgIpc) is 2.63. The summed E-state index contributed by atoms with van der Waals surface area (Å²) >= 11 is 0. The molecule has 1 atom stereocenters. The van der Waals surface area contributed by atoms with E-state index < -0.39 is 6.04 Å². The van der Waals surface area contributed by atoms with Gasteiger partial charge >= 0.3 is 0 Å². The number of aryl methyl sites for hydroxylation is 1. The van der Waals surface area contributed by atoms with Crippen molar-refractivity contribution in [2.24, 2.45) is 0 Å². The molecule has 4 nitrogen and oxygen atoms in total. The van der Waals surface area contributed by atoms with Crippen molar-refractivity contribution >= 4 is 11.8 Å². The van der Waals surface area contributed by atoms with Crippen molar-refractivity contribution in [3.05, 3.63) is 35.4 Å². The predicted octanol–water partition coefficient (Wildman–Crippen LogP) is 3.96. The fraction of sp³-hybridized carbons (Fsp3) is 0.619. The zero-order valence-corrected chi connectivity index (χ0v) is 15.9. The number of hydrogen-bond donors (Lipinski definition) is 1. The Morgan fingerprint density at radius 1 is 1.16 bits per heavy atom. The molecule has 1 aliphatic carbocycles. The first-order valence-corrected chi connectivity index (χ1v) is 9.71. The molecule has 0 unspecified atom stereocenters. The second kappa shape index (κ2) is 9.59. The number of carbonyl (C=O) groups excluding carboxylic acids is 2. The van der Waals surface area contributed by atoms with Gasteiger partial charge in [-0.1, -0.05) is 57.4 Å². The number of nitrogens with one attached hydrogen (secondary N) is 1. The number of rotatable bonds is 7. The van der Waals surface area contributed by atoms with E-state index in [0.29, 0.717) is 19.4 Å². The molecule has 4 heteroatoms. The van der Waals surface area contributed by atoms with E-state index in [-0.39, 0.29) is 17.9 Å². The van der Waals surface area contributed by atoms with E-state index in [0.717, 1.165) is 24.0 Å². The minimum absolute atomic E-state index is 0.00443. The molecule has 0 saturated heterocycles. The molecule has 1 fully saturated rings. The van der Waals surface area contributed by atoms with E-state index >= 15 is 0 Å². The molecule has 2 amide bonds. The van der Waals surface area contributed by atoms with Crippen molar-refractivity contribution in [1.82, 2.24) is 10.2 Å². The van der Waals surface area contributed by atoms with Gasteiger partial charge in [0.1, 0.15) is 6.04 Å². The first kappa shape index (κ1) is 19.5. The maximum Gasteiger partial charge on any atom is 0.243 e. The second-order valence-electron chi connectivity index (χ2n) is 7.07. The molecule has 0 aliphatic heterocycles. The van der Waals surface area contributed by atoms with Crippen molar-refractivity contribution in [3.8, 4) is 0 Å². The third-order valence-electron chi connectivity index (χ3n) is 5.24. The van der Waals surface area contributed by atoms with Crippen LogP contribution in [-0.2, 0) is 16.1 Å². The topological polar surface area (TPSA) is 49.4 Å². The Bertz CT molecular complexity index is 579. The van der Waals surface area contributed by atoms with Crippen LogP contribution in [0, 0.1) is 6.92 Å². The minimum Gasteiger partial charge on any atom is -0.352 e. The molecule has 0 spiro atoms. The van der Waals surface area contributed by atoms with Crippen LogP contribution in [0.2, 0.25) is 0 Å². The van der Waals surface area contributed by atoms with Gasteiger partial charge in [-0.25, -0.2) is 0 Å². The highest BCUT2D eigenvalue weighted by Gasteiger charge is 2.29. The summed E-state index contributed by atoms with van der Waals surface area (Å²) in [5.74, 6) is 0.0404. The molecule has 138 valence electrons. The highest BCUT2D eigenvalue weighted by molar-refractivity contribution is 5.87. The zero-order chi connectivity index (χ0) is 18.2. The first-order chi connectivity index (χ1) is 12.1. The number of hydrogen-bond acceptors (Lipinski definition) is 2. The summed E-state index contributed by atoms with van der Waals surface area (Å²) in [6.45, 7) is 6.39. The van der Waals surface area contributed by atoms with E-state index in [1.807, 2.05) is 45.0 Å². The van der Waals surface area contributed by atoms with Gasteiger partial charge in [-0.15, -0.1) is 0 Å². The van der Waals surface area contributed by atoms with E-state index in [4.69, 9.17) is 0 Å². The van der Waals surface area contributed by atoms with Crippen molar-refractivity contribution in [2.45, 2.75) is 84.3 Å². The SMILES string of the molecule is CCC(=O)N(Cc1ccccc1C)[C@H](CC)C(=O)NC1CCCCC1. The molecule has 0 heterocycles. The largest absolute Gasteiger partial charge is 0.352 e. The van der Waals surface area contributed by atoms with Crippen LogP contribution >= 0.6 is 0 Å². The summed E-state index contributed by atoms with van der Waals surface area (Å²) in [5, 5.41) is 3.20. The van der Waals surface area contributed by atoms with Gasteiger partial charge in [0.15, 0.2) is 0 Å². The van der Waals surface area contributed by atoms with E-state index in [1.165, 1.54) is 19.3 Å². The standard InChI is InChI=1S/C21H32N2O2/c1-4-19(21(25)22-18-13-7-6-8-14-18)23(20(24)5-2)15-17-12-10-9-11-16(17)3/h9-12,18-19H,4-8,13-15H2,1-3H3,(H,22,25)/t19-/m1/s1. The molecule has 0 bridgehead atoms. The fourth-order valence-electron chi connectivity index (χ4n) is 3.64. The van der Waals surface area contributed by atoms with Crippen LogP contribution in [-0.4, -0.2) is 28.8 Å². The highest BCUT2D eigenvalue weighted by atomic mass is 16.2. The van der Waals surface area contributed by atoms with Crippen LogP contribution in [0.5, 0.6) is 0 Å². The van der Waals surface area contributed by atoms with Gasteiger partial charge in [0, 0.05) is 19.0 Å². The average molecular weight is 344 g/mol. The predicted molar refractivity (Wildman–Crippen MR) is 101 cm³/mol. The number of benzene rings is 1. The Kier molecular flexibility index (Phi) is 7.48. The van der Waals surface area contributed by atoms with Crippen LogP contribution in [0.25, 0.3) is 0 Å². The lowest BCUT2D eigenvalue weighted by atomic mass is 9.95. The van der Waals surface area contributed by atoms with Crippen LogP contribution in [0.3, 0.4) is 0 Å². The van der Waals surface area contributed by atoms with Crippen LogP contribution < -0.4 is 5.32 Å². The fourth-order valence-corrected chi connectivity index (χ4v) is 3.64. The van der Waals surface area contributed by atoms with Crippen molar-refractivity contribution in [3.63, 3.8) is 0 Å². The first-order valence-electron chi connectivity index (χ1n) is 9.71. The number of nitrogens with zero attached hydrogens (tertiary/aromatic N) is 1. The summed E-state index contributed by atoms with van der Waals surface area (Å²) in [5.41, 5.74) is 2.26. The van der Waals surface area contributed by atoms with E-state index in [9.17, 15) is 9.59 Å². The molecule has 25 heavy (non-hydrogen) atoms. The van der Waals surface area contributed by atoms with Crippen molar-refractivity contribution in [2.75, 3.05) is 0 Å². The quantitative estimate of drug-likeness (QED) is 0.814. The van der Waals surface area contributed by atoms with Crippen molar-refractivity contribution in [1.29, 1.82) is 0 Å². The van der Waals surface area contributed by atoms with Gasteiger partial charge in [-0.3, -0.25) is 9.59 Å². The molecule has 1 N–H and O–H groups in total. The highest BCUT2D eigenvalue weighted by Crippen LogP contribution is 2.20. The maximum atomic E-state index is 12.9. The van der Waals surface area contributed by atoms with Gasteiger partial charge < -0.3 is 10.2 Å². The molecular weight excluding hydrogens is 312 g/mol. The normalized spacial score (nSPS) is 16.3. The third kappa shape index (κ3) is 5.32. The van der Waals surface area contributed by atoms with E-state index in [1.54, 1.807) is 4.90 Å². The monoisotopic (exact) mass is 344 g/mol. The maximum absolute atomic E-state index is 12.9. The lowest BCUT2D eigenvalue weighted by Crippen LogP contribution is -2.51. The summed E-state index contributed by atoms with van der Waals surface area (Å²) < 4.78 is 0. The Balaban J connectivity index is 2.13. The summed E-state index contributed by atoms with van der Waals surface area (Å²) in [6.07, 6.45) is 6.79. The minimum atomic E-state index is -0.394. The van der Waals surface area contributed by atoms with Crippen LogP contribution in [0.15, 0.2) is 24.3 Å². The zero-order valence-electron chi connectivity index (χ0n) is 15.9. The van der Waals surface area contributed by atoms with E-state index in [2.05, 4.69) is 5.32 Å². The summed E-state index contributed by atoms with van der Waals surface area (Å²) in [4.78, 5) is 27.2. The Labute approximate surface area is 152 Å². The van der Waals surface area contributed by atoms with Crippen LogP contribution in [0.1, 0.15) is 69.9 Å². The number of carbonyl (C=O) groups is 2. The molecular formula is C21H32N2O2. The van der Waals surface area contributed by atoms with Gasteiger partial charge in [0.25, 0.3) is 0 Å². The molecule has 0 aromatic heterocycles. The van der Waals surface area contributed by atoms with Gasteiger partial charge in [-0.2, -0.15) is 0 Å². The van der Waals surface area contributed by atoms with Gasteiger partial charge in [0.05, 0.1) is 0 Å². The Morgan fingerprint density at radius 3 is 2.44 bits per heavy atom. The molecule has 1 aliphatic rings. The lowest BCUT2D eigenvalue weighted by Gasteiger charge is -2.33. The second-order valence-corrected chi connectivity index (χ2v) is 7.07. The number of amides is 2. The van der Waals surface area contributed by atoms with Gasteiger partial charge in [0.2, 0.25) is 11.8 Å². The van der Waals surface area contributed by atoms with Crippen LogP contribution in [0.4, 0.5) is 0 Å².